The van der Waals surface area contributed by atoms with Crippen molar-refractivity contribution in [3.63, 3.8) is 0 Å². The van der Waals surface area contributed by atoms with Gasteiger partial charge in [0.25, 0.3) is 0 Å². The summed E-state index contributed by atoms with van der Waals surface area (Å²) >= 11 is 0. The first kappa shape index (κ1) is 18.4. The van der Waals surface area contributed by atoms with Crippen LogP contribution in [0.2, 0.25) is 0 Å². The minimum atomic E-state index is 0.000515. The molecule has 0 bridgehead atoms. The van der Waals surface area contributed by atoms with Gasteiger partial charge in [0.15, 0.2) is 0 Å². The van der Waals surface area contributed by atoms with Crippen molar-refractivity contribution in [2.24, 2.45) is 11.8 Å². The molecule has 0 aromatic rings. The van der Waals surface area contributed by atoms with Crippen LogP contribution < -0.4 is 5.32 Å². The monoisotopic (exact) mass is 297 g/mol. The summed E-state index contributed by atoms with van der Waals surface area (Å²) in [7, 11) is 4.18. The van der Waals surface area contributed by atoms with Gasteiger partial charge in [-0.2, -0.15) is 0 Å². The van der Waals surface area contributed by atoms with Crippen LogP contribution in [-0.2, 0) is 4.79 Å². The molecule has 0 aliphatic carbocycles. The standard InChI is InChI=1S/C17H35N3O/c1-8-13(4)16-17(21)20(14(5)9-10-19(6)7)15(18-16)11-12(2)3/h12-16,18H,8-11H2,1-7H3. The molecule has 1 amide bonds. The fraction of sp³-hybridized carbons (Fsp3) is 0.941. The zero-order valence-corrected chi connectivity index (χ0v) is 15.0. The van der Waals surface area contributed by atoms with Gasteiger partial charge in [-0.15, -0.1) is 0 Å². The van der Waals surface area contributed by atoms with E-state index in [1.54, 1.807) is 0 Å². The average molecular weight is 297 g/mol. The van der Waals surface area contributed by atoms with Crippen LogP contribution in [0.5, 0.6) is 0 Å². The quantitative estimate of drug-likeness (QED) is 0.748. The molecule has 1 fully saturated rings. The van der Waals surface area contributed by atoms with Crippen molar-refractivity contribution in [2.45, 2.75) is 72.1 Å². The maximum atomic E-state index is 12.8. The second-order valence-corrected chi connectivity index (χ2v) is 7.36. The molecule has 0 radical (unpaired) electrons. The van der Waals surface area contributed by atoms with E-state index in [9.17, 15) is 4.79 Å². The van der Waals surface area contributed by atoms with Crippen LogP contribution in [0.15, 0.2) is 0 Å². The van der Waals surface area contributed by atoms with E-state index in [0.29, 0.717) is 23.8 Å². The van der Waals surface area contributed by atoms with Crippen LogP contribution in [0, 0.1) is 11.8 Å². The molecule has 4 unspecified atom stereocenters. The van der Waals surface area contributed by atoms with E-state index < -0.39 is 0 Å². The van der Waals surface area contributed by atoms with Gasteiger partial charge in [0.05, 0.1) is 12.2 Å². The van der Waals surface area contributed by atoms with Gasteiger partial charge in [-0.1, -0.05) is 34.1 Å². The molecule has 0 aromatic carbocycles. The lowest BCUT2D eigenvalue weighted by Crippen LogP contribution is -2.44. The van der Waals surface area contributed by atoms with Crippen molar-refractivity contribution in [1.82, 2.24) is 15.1 Å². The number of hydrogen-bond donors (Lipinski definition) is 1. The normalized spacial score (nSPS) is 26.0. The molecule has 124 valence electrons. The lowest BCUT2D eigenvalue weighted by Gasteiger charge is -2.32. The molecule has 1 rings (SSSR count). The van der Waals surface area contributed by atoms with E-state index in [0.717, 1.165) is 25.8 Å². The maximum absolute atomic E-state index is 12.8. The number of carbonyl (C=O) groups excluding carboxylic acids is 1. The van der Waals surface area contributed by atoms with E-state index in [-0.39, 0.29) is 12.2 Å². The summed E-state index contributed by atoms with van der Waals surface area (Å²) < 4.78 is 0. The second-order valence-electron chi connectivity index (χ2n) is 7.36. The molecule has 1 N–H and O–H groups in total. The second kappa shape index (κ2) is 8.14. The Bertz CT molecular complexity index is 330. The summed E-state index contributed by atoms with van der Waals surface area (Å²) in [5, 5.41) is 3.60. The Morgan fingerprint density at radius 3 is 2.33 bits per heavy atom. The summed E-state index contributed by atoms with van der Waals surface area (Å²) in [6.45, 7) is 12.0. The van der Waals surface area contributed by atoms with Crippen LogP contribution >= 0.6 is 0 Å². The van der Waals surface area contributed by atoms with Crippen molar-refractivity contribution in [3.8, 4) is 0 Å². The van der Waals surface area contributed by atoms with E-state index in [1.807, 2.05) is 0 Å². The Kier molecular flexibility index (Phi) is 7.14. The highest BCUT2D eigenvalue weighted by Crippen LogP contribution is 2.26. The number of nitrogens with zero attached hydrogens (tertiary/aromatic N) is 2. The Morgan fingerprint density at radius 1 is 1.24 bits per heavy atom. The maximum Gasteiger partial charge on any atom is 0.241 e. The van der Waals surface area contributed by atoms with E-state index in [2.05, 4.69) is 63.8 Å². The molecule has 1 saturated heterocycles. The van der Waals surface area contributed by atoms with Crippen LogP contribution in [0.3, 0.4) is 0 Å². The van der Waals surface area contributed by atoms with Gasteiger partial charge in [-0.25, -0.2) is 0 Å². The number of carbonyl (C=O) groups is 1. The molecule has 0 aromatic heterocycles. The molecule has 0 spiro atoms. The van der Waals surface area contributed by atoms with Gasteiger partial charge < -0.3 is 9.80 Å². The third kappa shape index (κ3) is 4.96. The predicted octanol–water partition coefficient (Wildman–Crippen LogP) is 2.55. The minimum absolute atomic E-state index is 0.000515. The Hall–Kier alpha value is -0.610. The zero-order chi connectivity index (χ0) is 16.2. The molecule has 4 nitrogen and oxygen atoms in total. The summed E-state index contributed by atoms with van der Waals surface area (Å²) in [5.74, 6) is 1.30. The summed E-state index contributed by atoms with van der Waals surface area (Å²) in [4.78, 5) is 17.1. The lowest BCUT2D eigenvalue weighted by molar-refractivity contribution is -0.133. The summed E-state index contributed by atoms with van der Waals surface area (Å²) in [6.07, 6.45) is 3.30. The highest BCUT2D eigenvalue weighted by atomic mass is 16.2. The molecule has 1 aliphatic heterocycles. The smallest absolute Gasteiger partial charge is 0.241 e. The minimum Gasteiger partial charge on any atom is -0.323 e. The van der Waals surface area contributed by atoms with Gasteiger partial charge in [0, 0.05) is 6.04 Å². The van der Waals surface area contributed by atoms with Crippen LogP contribution in [0.4, 0.5) is 0 Å². The third-order valence-corrected chi connectivity index (χ3v) is 4.60. The molecule has 1 aliphatic rings. The predicted molar refractivity (Wildman–Crippen MR) is 89.1 cm³/mol. The van der Waals surface area contributed by atoms with E-state index >= 15 is 0 Å². The molecular formula is C17H35N3O. The highest BCUT2D eigenvalue weighted by molar-refractivity contribution is 5.85. The topological polar surface area (TPSA) is 35.6 Å². The summed E-state index contributed by atoms with van der Waals surface area (Å²) in [5.41, 5.74) is 0. The first-order chi connectivity index (χ1) is 9.77. The molecule has 4 heteroatoms. The van der Waals surface area contributed by atoms with Crippen LogP contribution in [0.1, 0.15) is 53.9 Å². The van der Waals surface area contributed by atoms with Gasteiger partial charge in [-0.05, 0) is 52.2 Å². The van der Waals surface area contributed by atoms with Crippen molar-refractivity contribution in [3.05, 3.63) is 0 Å². The fourth-order valence-electron chi connectivity index (χ4n) is 3.05. The van der Waals surface area contributed by atoms with Gasteiger partial charge in [0.2, 0.25) is 5.91 Å². The van der Waals surface area contributed by atoms with Crippen molar-refractivity contribution in [1.29, 1.82) is 0 Å². The molecular weight excluding hydrogens is 262 g/mol. The Balaban J connectivity index is 2.81. The lowest BCUT2D eigenvalue weighted by atomic mass is 9.99. The van der Waals surface area contributed by atoms with Gasteiger partial charge in [-0.3, -0.25) is 10.1 Å². The Morgan fingerprint density at radius 2 is 1.86 bits per heavy atom. The molecule has 1 heterocycles. The van der Waals surface area contributed by atoms with Gasteiger partial charge in [0.1, 0.15) is 0 Å². The largest absolute Gasteiger partial charge is 0.323 e. The number of rotatable bonds is 8. The fourth-order valence-corrected chi connectivity index (χ4v) is 3.05. The summed E-state index contributed by atoms with van der Waals surface area (Å²) in [6, 6.07) is 0.297. The number of nitrogens with one attached hydrogen (secondary N) is 1. The van der Waals surface area contributed by atoms with Gasteiger partial charge >= 0.3 is 0 Å². The SMILES string of the molecule is CCC(C)C1NC(CC(C)C)N(C(C)CCN(C)C)C1=O. The van der Waals surface area contributed by atoms with Crippen molar-refractivity contribution < 1.29 is 4.79 Å². The third-order valence-electron chi connectivity index (χ3n) is 4.60. The molecule has 0 saturated carbocycles. The number of amides is 1. The van der Waals surface area contributed by atoms with Crippen molar-refractivity contribution in [2.75, 3.05) is 20.6 Å². The van der Waals surface area contributed by atoms with Crippen molar-refractivity contribution >= 4 is 5.91 Å². The van der Waals surface area contributed by atoms with Crippen LogP contribution in [-0.4, -0.2) is 54.6 Å². The van der Waals surface area contributed by atoms with E-state index in [1.165, 1.54) is 0 Å². The molecule has 21 heavy (non-hydrogen) atoms. The zero-order valence-electron chi connectivity index (χ0n) is 15.0. The number of hydrogen-bond acceptors (Lipinski definition) is 3. The van der Waals surface area contributed by atoms with Crippen LogP contribution in [0.25, 0.3) is 0 Å². The van der Waals surface area contributed by atoms with E-state index in [4.69, 9.17) is 0 Å². The Labute approximate surface area is 131 Å². The highest BCUT2D eigenvalue weighted by Gasteiger charge is 2.42. The first-order valence-corrected chi connectivity index (χ1v) is 8.50. The average Bonchev–Trinajstić information content (AvgIpc) is 2.71. The molecule has 4 atom stereocenters. The first-order valence-electron chi connectivity index (χ1n) is 8.50.